The summed E-state index contributed by atoms with van der Waals surface area (Å²) >= 11 is 0. The zero-order valence-corrected chi connectivity index (χ0v) is 15.3. The zero-order chi connectivity index (χ0) is 18.9. The highest BCUT2D eigenvalue weighted by atomic mass is 16.5. The van der Waals surface area contributed by atoms with Crippen LogP contribution in [0.2, 0.25) is 0 Å². The predicted molar refractivity (Wildman–Crippen MR) is 105 cm³/mol. The molecule has 0 aliphatic rings. The number of hydrogen-bond donors (Lipinski definition) is 3. The summed E-state index contributed by atoms with van der Waals surface area (Å²) in [5.74, 6) is 0.523. The van der Waals surface area contributed by atoms with E-state index in [2.05, 4.69) is 16.0 Å². The summed E-state index contributed by atoms with van der Waals surface area (Å²) in [7, 11) is 0. The Labute approximate surface area is 153 Å². The van der Waals surface area contributed by atoms with Crippen LogP contribution >= 0.6 is 0 Å². The van der Waals surface area contributed by atoms with Crippen molar-refractivity contribution in [1.29, 1.82) is 0 Å². The van der Waals surface area contributed by atoms with Crippen LogP contribution in [-0.2, 0) is 9.59 Å². The van der Waals surface area contributed by atoms with Gasteiger partial charge in [-0.1, -0.05) is 13.8 Å². The van der Waals surface area contributed by atoms with Crippen molar-refractivity contribution in [3.05, 3.63) is 48.5 Å². The summed E-state index contributed by atoms with van der Waals surface area (Å²) in [6.07, 6.45) is 0. The van der Waals surface area contributed by atoms with Crippen molar-refractivity contribution in [1.82, 2.24) is 0 Å². The maximum absolute atomic E-state index is 12.0. The highest BCUT2D eigenvalue weighted by molar-refractivity contribution is 5.95. The van der Waals surface area contributed by atoms with Crippen molar-refractivity contribution < 1.29 is 14.3 Å². The van der Waals surface area contributed by atoms with E-state index in [1.54, 1.807) is 24.3 Å². The zero-order valence-electron chi connectivity index (χ0n) is 15.3. The number of rotatable bonds is 8. The molecule has 0 saturated carbocycles. The second kappa shape index (κ2) is 9.46. The summed E-state index contributed by atoms with van der Waals surface area (Å²) in [5.41, 5.74) is 2.22. The molecular formula is C20H25N3O3. The topological polar surface area (TPSA) is 79.5 Å². The molecule has 0 fully saturated rings. The minimum atomic E-state index is -0.155. The van der Waals surface area contributed by atoms with E-state index in [0.29, 0.717) is 18.0 Å². The molecule has 0 unspecified atom stereocenters. The molecule has 6 heteroatoms. The molecule has 26 heavy (non-hydrogen) atoms. The maximum Gasteiger partial charge on any atom is 0.243 e. The van der Waals surface area contributed by atoms with E-state index in [1.807, 2.05) is 45.0 Å². The van der Waals surface area contributed by atoms with Crippen LogP contribution in [0.3, 0.4) is 0 Å². The lowest BCUT2D eigenvalue weighted by Gasteiger charge is -2.10. The molecule has 0 radical (unpaired) electrons. The molecule has 3 N–H and O–H groups in total. The van der Waals surface area contributed by atoms with Crippen molar-refractivity contribution in [2.75, 3.05) is 29.1 Å². The monoisotopic (exact) mass is 355 g/mol. The minimum absolute atomic E-state index is 0.0404. The molecule has 2 aromatic carbocycles. The normalized spacial score (nSPS) is 10.3. The molecule has 2 amide bonds. The lowest BCUT2D eigenvalue weighted by Crippen LogP contribution is -2.21. The first-order valence-electron chi connectivity index (χ1n) is 8.65. The van der Waals surface area contributed by atoms with Crippen LogP contribution in [-0.4, -0.2) is 25.0 Å². The standard InChI is InChI=1S/C20H25N3O3/c1-4-26-18-11-9-15(10-12-18)21-13-19(24)22-16-5-7-17(8-6-16)23-20(25)14(2)3/h5-12,14,21H,4,13H2,1-3H3,(H,22,24)(H,23,25). The van der Waals surface area contributed by atoms with Gasteiger partial charge in [-0.3, -0.25) is 9.59 Å². The predicted octanol–water partition coefficient (Wildman–Crippen LogP) is 3.73. The number of benzene rings is 2. The summed E-state index contributed by atoms with van der Waals surface area (Å²) in [5, 5.41) is 8.68. The van der Waals surface area contributed by atoms with E-state index >= 15 is 0 Å². The van der Waals surface area contributed by atoms with Gasteiger partial charge in [-0.25, -0.2) is 0 Å². The molecule has 0 aromatic heterocycles. The molecular weight excluding hydrogens is 330 g/mol. The highest BCUT2D eigenvalue weighted by Crippen LogP contribution is 2.16. The SMILES string of the molecule is CCOc1ccc(NCC(=O)Nc2ccc(NC(=O)C(C)C)cc2)cc1. The molecule has 2 aromatic rings. The molecule has 0 aliphatic carbocycles. The van der Waals surface area contributed by atoms with Crippen molar-refractivity contribution >= 4 is 28.9 Å². The number of anilines is 3. The summed E-state index contributed by atoms with van der Waals surface area (Å²) in [6, 6.07) is 14.5. The highest BCUT2D eigenvalue weighted by Gasteiger charge is 2.07. The number of carbonyl (C=O) groups is 2. The van der Waals surface area contributed by atoms with E-state index in [4.69, 9.17) is 4.74 Å². The second-order valence-corrected chi connectivity index (χ2v) is 6.08. The lowest BCUT2D eigenvalue weighted by atomic mass is 10.2. The van der Waals surface area contributed by atoms with Crippen molar-refractivity contribution in [2.24, 2.45) is 5.92 Å². The second-order valence-electron chi connectivity index (χ2n) is 6.08. The van der Waals surface area contributed by atoms with Crippen molar-refractivity contribution in [3.63, 3.8) is 0 Å². The third-order valence-corrected chi connectivity index (χ3v) is 3.58. The number of hydrogen-bond acceptors (Lipinski definition) is 4. The van der Waals surface area contributed by atoms with Crippen LogP contribution in [0.15, 0.2) is 48.5 Å². The third kappa shape index (κ3) is 6.12. The first-order valence-corrected chi connectivity index (χ1v) is 8.65. The van der Waals surface area contributed by atoms with Crippen LogP contribution in [0.1, 0.15) is 20.8 Å². The molecule has 138 valence electrons. The van der Waals surface area contributed by atoms with Gasteiger partial charge in [0.15, 0.2) is 0 Å². The van der Waals surface area contributed by atoms with Crippen molar-refractivity contribution in [3.8, 4) is 5.75 Å². The Morgan fingerprint density at radius 1 is 0.885 bits per heavy atom. The Morgan fingerprint density at radius 2 is 1.42 bits per heavy atom. The molecule has 0 spiro atoms. The van der Waals surface area contributed by atoms with Gasteiger partial charge in [0.1, 0.15) is 5.75 Å². The number of carbonyl (C=O) groups excluding carboxylic acids is 2. The number of ether oxygens (including phenoxy) is 1. The van der Waals surface area contributed by atoms with E-state index in [-0.39, 0.29) is 24.3 Å². The van der Waals surface area contributed by atoms with Gasteiger partial charge < -0.3 is 20.7 Å². The quantitative estimate of drug-likeness (QED) is 0.674. The largest absolute Gasteiger partial charge is 0.494 e. The van der Waals surface area contributed by atoms with Gasteiger partial charge in [-0.2, -0.15) is 0 Å². The molecule has 0 saturated heterocycles. The molecule has 2 rings (SSSR count). The number of amides is 2. The van der Waals surface area contributed by atoms with E-state index in [1.165, 1.54) is 0 Å². The van der Waals surface area contributed by atoms with E-state index in [9.17, 15) is 9.59 Å². The van der Waals surface area contributed by atoms with Crippen LogP contribution in [0.4, 0.5) is 17.1 Å². The van der Waals surface area contributed by atoms with Crippen LogP contribution in [0.5, 0.6) is 5.75 Å². The fourth-order valence-corrected chi connectivity index (χ4v) is 2.15. The van der Waals surface area contributed by atoms with Gasteiger partial charge in [-0.05, 0) is 55.5 Å². The van der Waals surface area contributed by atoms with Crippen LogP contribution < -0.4 is 20.7 Å². The van der Waals surface area contributed by atoms with E-state index < -0.39 is 0 Å². The number of nitrogens with one attached hydrogen (secondary N) is 3. The van der Waals surface area contributed by atoms with E-state index in [0.717, 1.165) is 11.4 Å². The van der Waals surface area contributed by atoms with Gasteiger partial charge in [0, 0.05) is 23.0 Å². The Hall–Kier alpha value is -3.02. The van der Waals surface area contributed by atoms with Gasteiger partial charge in [0.05, 0.1) is 13.2 Å². The summed E-state index contributed by atoms with van der Waals surface area (Å²) < 4.78 is 5.38. The Balaban J connectivity index is 1.81. The fourth-order valence-electron chi connectivity index (χ4n) is 2.15. The molecule has 0 heterocycles. The average molecular weight is 355 g/mol. The van der Waals surface area contributed by atoms with Gasteiger partial charge in [-0.15, -0.1) is 0 Å². The minimum Gasteiger partial charge on any atom is -0.494 e. The molecule has 0 bridgehead atoms. The third-order valence-electron chi connectivity index (χ3n) is 3.58. The van der Waals surface area contributed by atoms with Crippen LogP contribution in [0.25, 0.3) is 0 Å². The lowest BCUT2D eigenvalue weighted by molar-refractivity contribution is -0.119. The van der Waals surface area contributed by atoms with Crippen molar-refractivity contribution in [2.45, 2.75) is 20.8 Å². The van der Waals surface area contributed by atoms with Gasteiger partial charge >= 0.3 is 0 Å². The Bertz CT molecular complexity index is 725. The Morgan fingerprint density at radius 3 is 1.96 bits per heavy atom. The smallest absolute Gasteiger partial charge is 0.243 e. The Kier molecular flexibility index (Phi) is 7.02. The summed E-state index contributed by atoms with van der Waals surface area (Å²) in [4.78, 5) is 23.7. The fraction of sp³-hybridized carbons (Fsp3) is 0.300. The average Bonchev–Trinajstić information content (AvgIpc) is 2.63. The van der Waals surface area contributed by atoms with Gasteiger partial charge in [0.2, 0.25) is 11.8 Å². The molecule has 0 aliphatic heterocycles. The molecule has 0 atom stereocenters. The first-order chi connectivity index (χ1) is 12.5. The maximum atomic E-state index is 12.0. The van der Waals surface area contributed by atoms with Gasteiger partial charge in [0.25, 0.3) is 0 Å². The van der Waals surface area contributed by atoms with Crippen LogP contribution in [0, 0.1) is 5.92 Å². The first kappa shape index (κ1) is 19.3. The summed E-state index contributed by atoms with van der Waals surface area (Å²) in [6.45, 7) is 6.37. The molecule has 6 nitrogen and oxygen atoms in total.